The quantitative estimate of drug-likeness (QED) is 0.889. The lowest BCUT2D eigenvalue weighted by Gasteiger charge is -2.08. The number of nitrogens with one attached hydrogen (secondary N) is 2. The summed E-state index contributed by atoms with van der Waals surface area (Å²) in [5.41, 5.74) is 2.19. The molecule has 3 rings (SSSR count). The normalized spacial score (nSPS) is 17.8. The zero-order valence-corrected chi connectivity index (χ0v) is 12.7. The molecule has 0 saturated carbocycles. The van der Waals surface area contributed by atoms with E-state index in [2.05, 4.69) is 33.1 Å². The topological polar surface area (TPSA) is 54.0 Å². The molecule has 1 aliphatic heterocycles. The summed E-state index contributed by atoms with van der Waals surface area (Å²) in [6, 6.07) is 10.2. The van der Waals surface area contributed by atoms with E-state index in [0.29, 0.717) is 6.54 Å². The third kappa shape index (κ3) is 3.68. The maximum absolute atomic E-state index is 11.9. The lowest BCUT2D eigenvalue weighted by Crippen LogP contribution is -2.33. The van der Waals surface area contributed by atoms with Gasteiger partial charge in [0.25, 0.3) is 0 Å². The van der Waals surface area contributed by atoms with Gasteiger partial charge in [-0.15, -0.1) is 11.3 Å². The van der Waals surface area contributed by atoms with E-state index in [9.17, 15) is 4.79 Å². The van der Waals surface area contributed by atoms with Gasteiger partial charge in [0.1, 0.15) is 5.01 Å². The number of nitrogens with zero attached hydrogens (tertiary/aromatic N) is 1. The molecule has 21 heavy (non-hydrogen) atoms. The smallest absolute Gasteiger partial charge is 0.224 e. The van der Waals surface area contributed by atoms with Gasteiger partial charge in [0.05, 0.1) is 11.6 Å². The molecule has 1 unspecified atom stereocenters. The van der Waals surface area contributed by atoms with Crippen LogP contribution in [0.4, 0.5) is 0 Å². The Balaban J connectivity index is 1.50. The number of carbonyl (C=O) groups is 1. The second kappa shape index (κ2) is 6.83. The second-order valence-electron chi connectivity index (χ2n) is 5.24. The van der Waals surface area contributed by atoms with Gasteiger partial charge < -0.3 is 10.6 Å². The van der Waals surface area contributed by atoms with E-state index in [-0.39, 0.29) is 11.8 Å². The molecule has 110 valence electrons. The van der Waals surface area contributed by atoms with Crippen LogP contribution >= 0.6 is 11.3 Å². The van der Waals surface area contributed by atoms with Crippen molar-refractivity contribution in [3.8, 4) is 10.6 Å². The van der Waals surface area contributed by atoms with Crippen molar-refractivity contribution in [2.24, 2.45) is 5.92 Å². The Labute approximate surface area is 128 Å². The van der Waals surface area contributed by atoms with Crippen molar-refractivity contribution in [2.75, 3.05) is 19.6 Å². The van der Waals surface area contributed by atoms with Crippen LogP contribution in [0.2, 0.25) is 0 Å². The lowest BCUT2D eigenvalue weighted by atomic mass is 10.1. The van der Waals surface area contributed by atoms with Gasteiger partial charge in [-0.3, -0.25) is 4.79 Å². The molecule has 1 fully saturated rings. The van der Waals surface area contributed by atoms with Crippen LogP contribution in [0.25, 0.3) is 10.6 Å². The van der Waals surface area contributed by atoms with Crippen molar-refractivity contribution in [1.29, 1.82) is 0 Å². The molecule has 2 aromatic rings. The molecule has 0 radical (unpaired) electrons. The van der Waals surface area contributed by atoms with Crippen molar-refractivity contribution in [1.82, 2.24) is 15.6 Å². The minimum absolute atomic E-state index is 0.139. The minimum Gasteiger partial charge on any atom is -0.355 e. The maximum Gasteiger partial charge on any atom is 0.224 e. The molecule has 0 aliphatic carbocycles. The zero-order valence-electron chi connectivity index (χ0n) is 11.8. The van der Waals surface area contributed by atoms with Crippen LogP contribution < -0.4 is 10.6 Å². The van der Waals surface area contributed by atoms with Crippen molar-refractivity contribution in [3.63, 3.8) is 0 Å². The Kier molecular flexibility index (Phi) is 4.62. The van der Waals surface area contributed by atoms with E-state index in [0.717, 1.165) is 42.2 Å². The Hall–Kier alpha value is -1.72. The highest BCUT2D eigenvalue weighted by Crippen LogP contribution is 2.23. The number of carbonyl (C=O) groups excluding carboxylic acids is 1. The predicted molar refractivity (Wildman–Crippen MR) is 85.2 cm³/mol. The summed E-state index contributed by atoms with van der Waals surface area (Å²) in [5.74, 6) is 0.304. The van der Waals surface area contributed by atoms with Crippen LogP contribution in [-0.2, 0) is 11.2 Å². The summed E-state index contributed by atoms with van der Waals surface area (Å²) in [6.07, 6.45) is 1.73. The number of rotatable bonds is 5. The molecule has 1 aromatic carbocycles. The number of benzene rings is 1. The average molecular weight is 301 g/mol. The first kappa shape index (κ1) is 14.2. The van der Waals surface area contributed by atoms with Crippen LogP contribution in [0.5, 0.6) is 0 Å². The molecule has 1 saturated heterocycles. The number of amides is 1. The van der Waals surface area contributed by atoms with Crippen LogP contribution in [0, 0.1) is 5.92 Å². The van der Waals surface area contributed by atoms with Gasteiger partial charge >= 0.3 is 0 Å². The molecular formula is C16H19N3OS. The van der Waals surface area contributed by atoms with Crippen LogP contribution in [-0.4, -0.2) is 30.5 Å². The van der Waals surface area contributed by atoms with Gasteiger partial charge in [0.15, 0.2) is 0 Å². The summed E-state index contributed by atoms with van der Waals surface area (Å²) < 4.78 is 0. The summed E-state index contributed by atoms with van der Waals surface area (Å²) in [4.78, 5) is 16.5. The fraction of sp³-hybridized carbons (Fsp3) is 0.375. The van der Waals surface area contributed by atoms with Crippen molar-refractivity contribution in [2.45, 2.75) is 12.8 Å². The van der Waals surface area contributed by atoms with Crippen molar-refractivity contribution in [3.05, 3.63) is 41.4 Å². The largest absolute Gasteiger partial charge is 0.355 e. The highest BCUT2D eigenvalue weighted by molar-refractivity contribution is 7.13. The van der Waals surface area contributed by atoms with E-state index in [1.54, 1.807) is 11.3 Å². The first-order valence-electron chi connectivity index (χ1n) is 7.31. The van der Waals surface area contributed by atoms with E-state index in [4.69, 9.17) is 0 Å². The van der Waals surface area contributed by atoms with E-state index >= 15 is 0 Å². The van der Waals surface area contributed by atoms with Gasteiger partial charge in [-0.2, -0.15) is 0 Å². The van der Waals surface area contributed by atoms with E-state index in [1.807, 2.05) is 18.2 Å². The summed E-state index contributed by atoms with van der Waals surface area (Å²) in [5, 5.41) is 9.33. The van der Waals surface area contributed by atoms with Crippen molar-refractivity contribution < 1.29 is 4.79 Å². The molecule has 4 nitrogen and oxygen atoms in total. The molecule has 0 bridgehead atoms. The molecule has 1 aliphatic rings. The SMILES string of the molecule is O=C(NCCc1csc(-c2ccccc2)n1)C1CCNC1. The second-order valence-corrected chi connectivity index (χ2v) is 6.10. The van der Waals surface area contributed by atoms with Crippen LogP contribution in [0.15, 0.2) is 35.7 Å². The number of thiazole rings is 1. The Morgan fingerprint density at radius 1 is 1.38 bits per heavy atom. The minimum atomic E-state index is 0.139. The third-order valence-electron chi connectivity index (χ3n) is 3.68. The monoisotopic (exact) mass is 301 g/mol. The van der Waals surface area contributed by atoms with Gasteiger partial charge in [0.2, 0.25) is 5.91 Å². The summed E-state index contributed by atoms with van der Waals surface area (Å²) in [6.45, 7) is 2.42. The number of hydrogen-bond acceptors (Lipinski definition) is 4. The van der Waals surface area contributed by atoms with E-state index < -0.39 is 0 Å². The lowest BCUT2D eigenvalue weighted by molar-refractivity contribution is -0.124. The Morgan fingerprint density at radius 2 is 2.24 bits per heavy atom. The molecule has 1 aromatic heterocycles. The first-order chi connectivity index (χ1) is 10.3. The molecule has 0 spiro atoms. The molecule has 2 N–H and O–H groups in total. The first-order valence-corrected chi connectivity index (χ1v) is 8.19. The molecule has 2 heterocycles. The molecular weight excluding hydrogens is 282 g/mol. The fourth-order valence-corrected chi connectivity index (χ4v) is 3.33. The number of aromatic nitrogens is 1. The third-order valence-corrected chi connectivity index (χ3v) is 4.62. The molecule has 5 heteroatoms. The maximum atomic E-state index is 11.9. The van der Waals surface area contributed by atoms with Crippen molar-refractivity contribution >= 4 is 17.2 Å². The van der Waals surface area contributed by atoms with Crippen LogP contribution in [0.1, 0.15) is 12.1 Å². The van der Waals surface area contributed by atoms with Gasteiger partial charge in [-0.25, -0.2) is 4.98 Å². The van der Waals surface area contributed by atoms with E-state index in [1.165, 1.54) is 0 Å². The fourth-order valence-electron chi connectivity index (χ4n) is 2.47. The number of hydrogen-bond donors (Lipinski definition) is 2. The summed E-state index contributed by atoms with van der Waals surface area (Å²) >= 11 is 1.65. The highest BCUT2D eigenvalue weighted by Gasteiger charge is 2.21. The van der Waals surface area contributed by atoms with Crippen LogP contribution in [0.3, 0.4) is 0 Å². The standard InChI is InChI=1S/C16H19N3OS/c20-15(13-6-8-17-10-13)18-9-7-14-11-21-16(19-14)12-4-2-1-3-5-12/h1-5,11,13,17H,6-10H2,(H,18,20). The molecule has 1 amide bonds. The highest BCUT2D eigenvalue weighted by atomic mass is 32.1. The predicted octanol–water partition coefficient (Wildman–Crippen LogP) is 2.08. The van der Waals surface area contributed by atoms with Gasteiger partial charge in [0, 0.05) is 30.5 Å². The Bertz CT molecular complexity index is 591. The Morgan fingerprint density at radius 3 is 3.00 bits per heavy atom. The molecule has 1 atom stereocenters. The van der Waals surface area contributed by atoms with Gasteiger partial charge in [-0.1, -0.05) is 30.3 Å². The zero-order chi connectivity index (χ0) is 14.5. The summed E-state index contributed by atoms with van der Waals surface area (Å²) in [7, 11) is 0. The van der Waals surface area contributed by atoms with Gasteiger partial charge in [-0.05, 0) is 13.0 Å². The average Bonchev–Trinajstić information content (AvgIpc) is 3.20.